The lowest BCUT2D eigenvalue weighted by atomic mass is 9.90. The Kier molecular flexibility index (Phi) is 7.50. The Hall–Kier alpha value is -2.04. The van der Waals surface area contributed by atoms with Gasteiger partial charge in [0, 0.05) is 29.4 Å². The van der Waals surface area contributed by atoms with Gasteiger partial charge < -0.3 is 4.55 Å². The van der Waals surface area contributed by atoms with Gasteiger partial charge in [0.1, 0.15) is 28.7 Å². The molecule has 2 fully saturated rings. The fourth-order valence-corrected chi connectivity index (χ4v) is 4.65. The first-order valence-corrected chi connectivity index (χ1v) is 12.3. The summed E-state index contributed by atoms with van der Waals surface area (Å²) in [5.41, 5.74) is 0.875. The summed E-state index contributed by atoms with van der Waals surface area (Å²) in [6, 6.07) is 1.77. The van der Waals surface area contributed by atoms with Crippen molar-refractivity contribution in [2.75, 3.05) is 0 Å². The van der Waals surface area contributed by atoms with Gasteiger partial charge in [-0.25, -0.2) is 13.6 Å². The molecule has 4 atom stereocenters. The molecule has 1 saturated carbocycles. The van der Waals surface area contributed by atoms with Crippen molar-refractivity contribution in [3.05, 3.63) is 35.1 Å². The van der Waals surface area contributed by atoms with Gasteiger partial charge in [-0.05, 0) is 65.0 Å². The third-order valence-corrected chi connectivity index (χ3v) is 7.41. The largest absolute Gasteiger partial charge is 0.598 e. The van der Waals surface area contributed by atoms with Crippen LogP contribution in [0.4, 0.5) is 13.6 Å². The van der Waals surface area contributed by atoms with Crippen molar-refractivity contribution in [1.82, 2.24) is 14.9 Å². The zero-order valence-corrected chi connectivity index (χ0v) is 20.3. The number of alkyl halides is 1. The van der Waals surface area contributed by atoms with E-state index in [-0.39, 0.29) is 11.5 Å². The molecule has 7 nitrogen and oxygen atoms in total. The van der Waals surface area contributed by atoms with E-state index < -0.39 is 70.4 Å². The molecule has 2 aliphatic rings. The van der Waals surface area contributed by atoms with E-state index in [1.165, 1.54) is 6.07 Å². The summed E-state index contributed by atoms with van der Waals surface area (Å²) < 4.78 is 45.4. The second-order valence-corrected chi connectivity index (χ2v) is 11.9. The van der Waals surface area contributed by atoms with Gasteiger partial charge in [-0.15, -0.1) is 4.72 Å². The summed E-state index contributed by atoms with van der Waals surface area (Å²) >= 11 is -1.75. The number of rotatable bonds is 8. The molecule has 3 rings (SSSR count). The quantitative estimate of drug-likeness (QED) is 0.434. The highest BCUT2D eigenvalue weighted by Crippen LogP contribution is 2.42. The van der Waals surface area contributed by atoms with Crippen LogP contribution < -0.4 is 10.0 Å². The molecule has 2 N–H and O–H groups in total. The van der Waals surface area contributed by atoms with Crippen molar-refractivity contribution < 1.29 is 27.7 Å². The highest BCUT2D eigenvalue weighted by Gasteiger charge is 2.45. The Labute approximate surface area is 196 Å². The smallest absolute Gasteiger partial charge is 0.331 e. The summed E-state index contributed by atoms with van der Waals surface area (Å²) in [7, 11) is 0. The van der Waals surface area contributed by atoms with Crippen LogP contribution in [0.2, 0.25) is 0 Å². The molecular formula is C23H31F2N3O4S. The lowest BCUT2D eigenvalue weighted by Gasteiger charge is -2.34. The normalized spacial score (nSPS) is 22.4. The van der Waals surface area contributed by atoms with Gasteiger partial charge in [-0.3, -0.25) is 19.8 Å². The van der Waals surface area contributed by atoms with Crippen LogP contribution >= 0.6 is 0 Å². The Bertz CT molecular complexity index is 933. The van der Waals surface area contributed by atoms with Crippen LogP contribution in [-0.2, 0) is 21.0 Å². The third kappa shape index (κ3) is 5.73. The summed E-state index contributed by atoms with van der Waals surface area (Å²) in [5, 5.41) is 2.09. The Morgan fingerprint density at radius 1 is 1.24 bits per heavy atom. The van der Waals surface area contributed by atoms with Crippen LogP contribution in [0.1, 0.15) is 77.0 Å². The number of halogens is 2. The predicted octanol–water partition coefficient (Wildman–Crippen LogP) is 3.63. The van der Waals surface area contributed by atoms with Crippen LogP contribution in [0.5, 0.6) is 0 Å². The van der Waals surface area contributed by atoms with Gasteiger partial charge in [0.05, 0.1) is 0 Å². The maximum absolute atomic E-state index is 15.8. The lowest BCUT2D eigenvalue weighted by molar-refractivity contribution is -0.144. The highest BCUT2D eigenvalue weighted by atomic mass is 32.2. The number of carbonyl (C=O) groups is 3. The van der Waals surface area contributed by atoms with E-state index in [2.05, 4.69) is 10.0 Å². The van der Waals surface area contributed by atoms with E-state index in [1.54, 1.807) is 46.8 Å². The van der Waals surface area contributed by atoms with Gasteiger partial charge in [0.25, 0.3) is 0 Å². The zero-order valence-electron chi connectivity index (χ0n) is 19.5. The fourth-order valence-electron chi connectivity index (χ4n) is 3.79. The molecule has 0 radical (unpaired) electrons. The van der Waals surface area contributed by atoms with Crippen LogP contribution in [-0.4, -0.2) is 44.3 Å². The Morgan fingerprint density at radius 2 is 1.88 bits per heavy atom. The minimum absolute atomic E-state index is 0.00459. The topological polar surface area (TPSA) is 102 Å². The van der Waals surface area contributed by atoms with Crippen molar-refractivity contribution in [2.24, 2.45) is 5.92 Å². The molecule has 1 saturated heterocycles. The maximum atomic E-state index is 15.8. The van der Waals surface area contributed by atoms with Gasteiger partial charge in [-0.1, -0.05) is 12.1 Å². The zero-order chi connectivity index (χ0) is 24.7. The average Bonchev–Trinajstić information content (AvgIpc) is 3.53. The summed E-state index contributed by atoms with van der Waals surface area (Å²) in [4.78, 5) is 38.1. The van der Waals surface area contributed by atoms with Crippen LogP contribution in [0.25, 0.3) is 0 Å². The molecule has 10 heteroatoms. The molecule has 33 heavy (non-hydrogen) atoms. The first-order chi connectivity index (χ1) is 15.3. The number of urea groups is 1. The molecular weight excluding hydrogens is 452 g/mol. The molecule has 0 spiro atoms. The van der Waals surface area contributed by atoms with Crippen LogP contribution in [0.15, 0.2) is 18.2 Å². The van der Waals surface area contributed by atoms with Crippen molar-refractivity contribution in [3.8, 4) is 0 Å². The molecule has 4 amide bonds. The van der Waals surface area contributed by atoms with Crippen molar-refractivity contribution >= 4 is 29.2 Å². The number of nitrogens with zero attached hydrogens (tertiary/aromatic N) is 1. The standard InChI is InChI=1S/C23H31F2N3O4S/c1-12(2)28-21(30)16(20(29)26-22(28)31)11-18(25)19(27-33(32)23(3,4)5)15-10-14(13-6-7-13)8-9-17(15)24/h8-10,12-13,16,18-19,27H,6-7,11H2,1-5H3,(H,26,29,31)/t16?,18?,19?,33-/m1/s1. The molecule has 1 aliphatic carbocycles. The van der Waals surface area contributed by atoms with Gasteiger partial charge >= 0.3 is 6.03 Å². The van der Waals surface area contributed by atoms with E-state index in [9.17, 15) is 23.3 Å². The minimum atomic E-state index is -1.93. The average molecular weight is 484 g/mol. The van der Waals surface area contributed by atoms with E-state index >= 15 is 4.39 Å². The number of carbonyl (C=O) groups excluding carboxylic acids is 3. The van der Waals surface area contributed by atoms with E-state index in [0.29, 0.717) is 0 Å². The van der Waals surface area contributed by atoms with Crippen molar-refractivity contribution in [1.29, 1.82) is 0 Å². The summed E-state index contributed by atoms with van der Waals surface area (Å²) in [6.07, 6.45) is -0.590. The molecule has 1 aliphatic heterocycles. The maximum Gasteiger partial charge on any atom is 0.331 e. The summed E-state index contributed by atoms with van der Waals surface area (Å²) in [6.45, 7) is 8.30. The van der Waals surface area contributed by atoms with Crippen molar-refractivity contribution in [3.63, 3.8) is 0 Å². The molecule has 1 heterocycles. The number of amides is 4. The molecule has 0 aromatic heterocycles. The second-order valence-electron chi connectivity index (χ2n) is 9.93. The first kappa shape index (κ1) is 25.6. The van der Waals surface area contributed by atoms with Gasteiger partial charge in [-0.2, -0.15) is 0 Å². The SMILES string of the molecule is CC(C)N1C(=O)NC(=O)C(CC(F)C(N[S@+]([O-])C(C)(C)C)c2cc(C3CC3)ccc2F)C1=O. The molecule has 1 aromatic carbocycles. The van der Waals surface area contributed by atoms with Crippen LogP contribution in [0.3, 0.4) is 0 Å². The fraction of sp³-hybridized carbons (Fsp3) is 0.609. The van der Waals surface area contributed by atoms with E-state index in [4.69, 9.17) is 0 Å². The lowest BCUT2D eigenvalue weighted by Crippen LogP contribution is -2.60. The van der Waals surface area contributed by atoms with Gasteiger partial charge in [0.15, 0.2) is 0 Å². The highest BCUT2D eigenvalue weighted by molar-refractivity contribution is 7.90. The Morgan fingerprint density at radius 3 is 2.42 bits per heavy atom. The third-order valence-electron chi connectivity index (χ3n) is 5.83. The monoisotopic (exact) mass is 483 g/mol. The number of imide groups is 2. The van der Waals surface area contributed by atoms with Gasteiger partial charge in [0.2, 0.25) is 11.8 Å². The van der Waals surface area contributed by atoms with E-state index in [1.807, 2.05) is 0 Å². The second kappa shape index (κ2) is 9.68. The number of barbiturate groups is 1. The summed E-state index contributed by atoms with van der Waals surface area (Å²) in [5.74, 6) is -3.53. The molecule has 0 bridgehead atoms. The Balaban J connectivity index is 1.92. The molecule has 1 aromatic rings. The number of hydrogen-bond acceptors (Lipinski definition) is 5. The van der Waals surface area contributed by atoms with Crippen molar-refractivity contribution in [2.45, 2.75) is 82.8 Å². The predicted molar refractivity (Wildman–Crippen MR) is 121 cm³/mol. The number of benzene rings is 1. The van der Waals surface area contributed by atoms with Crippen LogP contribution in [0, 0.1) is 11.7 Å². The minimum Gasteiger partial charge on any atom is -0.598 e. The molecule has 3 unspecified atom stereocenters. The number of hydrogen-bond donors (Lipinski definition) is 2. The molecule has 182 valence electrons. The first-order valence-electron chi connectivity index (χ1n) is 11.1. The number of nitrogens with one attached hydrogen (secondary N) is 2. The van der Waals surface area contributed by atoms with E-state index in [0.717, 1.165) is 23.3 Å².